The standard InChI is InChI=1S/C13H12F2N2/c1-7-4-10(12(15)5-11(7)14)9-3-8(2)13(16)17-6-9/h3-6H,1-2H3,(H2,16,17). The molecule has 17 heavy (non-hydrogen) atoms. The molecule has 2 N–H and O–H groups in total. The number of nitrogens with zero attached hydrogens (tertiary/aromatic N) is 1. The average Bonchev–Trinajstić information content (AvgIpc) is 2.27. The lowest BCUT2D eigenvalue weighted by atomic mass is 10.0. The Balaban J connectivity index is 2.60. The van der Waals surface area contributed by atoms with E-state index in [4.69, 9.17) is 5.73 Å². The highest BCUT2D eigenvalue weighted by Crippen LogP contribution is 2.26. The maximum atomic E-state index is 13.6. The van der Waals surface area contributed by atoms with Gasteiger partial charge in [-0.25, -0.2) is 13.8 Å². The van der Waals surface area contributed by atoms with Crippen molar-refractivity contribution in [1.29, 1.82) is 0 Å². The normalized spacial score (nSPS) is 10.6. The minimum absolute atomic E-state index is 0.333. The van der Waals surface area contributed by atoms with Gasteiger partial charge in [-0.1, -0.05) is 0 Å². The summed E-state index contributed by atoms with van der Waals surface area (Å²) in [7, 11) is 0. The fraction of sp³-hybridized carbons (Fsp3) is 0.154. The smallest absolute Gasteiger partial charge is 0.134 e. The van der Waals surface area contributed by atoms with E-state index in [2.05, 4.69) is 4.98 Å². The lowest BCUT2D eigenvalue weighted by Gasteiger charge is -2.07. The number of benzene rings is 1. The molecule has 0 spiro atoms. The molecule has 2 nitrogen and oxygen atoms in total. The molecule has 0 aliphatic rings. The summed E-state index contributed by atoms with van der Waals surface area (Å²) < 4.78 is 26.8. The van der Waals surface area contributed by atoms with Gasteiger partial charge >= 0.3 is 0 Å². The molecule has 0 radical (unpaired) electrons. The van der Waals surface area contributed by atoms with Crippen LogP contribution in [0.25, 0.3) is 11.1 Å². The number of hydrogen-bond acceptors (Lipinski definition) is 2. The van der Waals surface area contributed by atoms with Gasteiger partial charge < -0.3 is 5.73 Å². The summed E-state index contributed by atoms with van der Waals surface area (Å²) in [6.45, 7) is 3.38. The van der Waals surface area contributed by atoms with E-state index in [-0.39, 0.29) is 0 Å². The Morgan fingerprint density at radius 3 is 2.35 bits per heavy atom. The van der Waals surface area contributed by atoms with E-state index in [0.717, 1.165) is 11.6 Å². The van der Waals surface area contributed by atoms with E-state index in [1.165, 1.54) is 12.3 Å². The molecule has 0 amide bonds. The molecule has 0 bridgehead atoms. The zero-order chi connectivity index (χ0) is 12.6. The molecular formula is C13H12F2N2. The first-order valence-electron chi connectivity index (χ1n) is 5.17. The van der Waals surface area contributed by atoms with Crippen molar-refractivity contribution in [2.75, 3.05) is 5.73 Å². The summed E-state index contributed by atoms with van der Waals surface area (Å²) in [4.78, 5) is 3.97. The molecule has 0 saturated heterocycles. The number of aryl methyl sites for hydroxylation is 2. The van der Waals surface area contributed by atoms with Crippen molar-refractivity contribution in [2.45, 2.75) is 13.8 Å². The second-order valence-corrected chi connectivity index (χ2v) is 4.01. The number of hydrogen-bond donors (Lipinski definition) is 1. The highest BCUT2D eigenvalue weighted by Gasteiger charge is 2.10. The molecule has 0 aliphatic heterocycles. The van der Waals surface area contributed by atoms with Crippen LogP contribution in [0.15, 0.2) is 24.4 Å². The third kappa shape index (κ3) is 2.11. The first-order chi connectivity index (χ1) is 7.99. The molecule has 1 heterocycles. The van der Waals surface area contributed by atoms with Crippen LogP contribution in [0.2, 0.25) is 0 Å². The number of anilines is 1. The Bertz CT molecular complexity index is 580. The van der Waals surface area contributed by atoms with Crippen LogP contribution in [-0.2, 0) is 0 Å². The van der Waals surface area contributed by atoms with Gasteiger partial charge in [0.15, 0.2) is 0 Å². The SMILES string of the molecule is Cc1cc(-c2cnc(N)c(C)c2)c(F)cc1F. The monoisotopic (exact) mass is 234 g/mol. The third-order valence-corrected chi connectivity index (χ3v) is 2.68. The van der Waals surface area contributed by atoms with Crippen LogP contribution in [0.5, 0.6) is 0 Å². The van der Waals surface area contributed by atoms with Gasteiger partial charge in [0, 0.05) is 23.4 Å². The topological polar surface area (TPSA) is 38.9 Å². The first-order valence-corrected chi connectivity index (χ1v) is 5.17. The minimum atomic E-state index is -0.598. The van der Waals surface area contributed by atoms with E-state index in [0.29, 0.717) is 22.5 Å². The quantitative estimate of drug-likeness (QED) is 0.822. The molecule has 2 rings (SSSR count). The fourth-order valence-corrected chi connectivity index (χ4v) is 1.61. The number of halogens is 2. The van der Waals surface area contributed by atoms with Crippen LogP contribution < -0.4 is 5.73 Å². The highest BCUT2D eigenvalue weighted by molar-refractivity contribution is 5.66. The van der Waals surface area contributed by atoms with Crippen molar-refractivity contribution < 1.29 is 8.78 Å². The van der Waals surface area contributed by atoms with Gasteiger partial charge in [0.25, 0.3) is 0 Å². The lowest BCUT2D eigenvalue weighted by Crippen LogP contribution is -1.96. The van der Waals surface area contributed by atoms with Gasteiger partial charge in [0.1, 0.15) is 17.5 Å². The predicted molar refractivity (Wildman–Crippen MR) is 63.5 cm³/mol. The Morgan fingerprint density at radius 1 is 1.00 bits per heavy atom. The van der Waals surface area contributed by atoms with Gasteiger partial charge in [0.05, 0.1) is 0 Å². The molecule has 4 heteroatoms. The van der Waals surface area contributed by atoms with Crippen LogP contribution in [0.3, 0.4) is 0 Å². The van der Waals surface area contributed by atoms with Crippen molar-refractivity contribution in [3.63, 3.8) is 0 Å². The van der Waals surface area contributed by atoms with Crippen LogP contribution in [-0.4, -0.2) is 4.98 Å². The summed E-state index contributed by atoms with van der Waals surface area (Å²) in [6.07, 6.45) is 1.48. The molecule has 0 aliphatic carbocycles. The van der Waals surface area contributed by atoms with E-state index < -0.39 is 11.6 Å². The van der Waals surface area contributed by atoms with Crippen molar-refractivity contribution in [1.82, 2.24) is 4.98 Å². The summed E-state index contributed by atoms with van der Waals surface area (Å²) in [5.74, 6) is -0.738. The third-order valence-electron chi connectivity index (χ3n) is 2.68. The predicted octanol–water partition coefficient (Wildman–Crippen LogP) is 3.23. The molecular weight excluding hydrogens is 222 g/mol. The molecule has 2 aromatic rings. The van der Waals surface area contributed by atoms with E-state index >= 15 is 0 Å². The van der Waals surface area contributed by atoms with Crippen molar-refractivity contribution in [3.8, 4) is 11.1 Å². The zero-order valence-electron chi connectivity index (χ0n) is 9.59. The Labute approximate surface area is 98.1 Å². The molecule has 0 fully saturated rings. The largest absolute Gasteiger partial charge is 0.383 e. The number of nitrogens with two attached hydrogens (primary N) is 1. The highest BCUT2D eigenvalue weighted by atomic mass is 19.1. The fourth-order valence-electron chi connectivity index (χ4n) is 1.61. The summed E-state index contributed by atoms with van der Waals surface area (Å²) in [5, 5.41) is 0. The minimum Gasteiger partial charge on any atom is -0.383 e. The summed E-state index contributed by atoms with van der Waals surface area (Å²) in [5.41, 5.74) is 7.69. The molecule has 1 aromatic heterocycles. The molecule has 0 atom stereocenters. The second kappa shape index (κ2) is 4.13. The molecule has 0 unspecified atom stereocenters. The maximum absolute atomic E-state index is 13.6. The number of aromatic nitrogens is 1. The van der Waals surface area contributed by atoms with Crippen molar-refractivity contribution >= 4 is 5.82 Å². The van der Waals surface area contributed by atoms with Gasteiger partial charge in [-0.05, 0) is 37.1 Å². The summed E-state index contributed by atoms with van der Waals surface area (Å²) in [6, 6.07) is 4.09. The Morgan fingerprint density at radius 2 is 1.71 bits per heavy atom. The van der Waals surface area contributed by atoms with Crippen LogP contribution in [0.1, 0.15) is 11.1 Å². The van der Waals surface area contributed by atoms with Crippen LogP contribution in [0.4, 0.5) is 14.6 Å². The Kier molecular flexibility index (Phi) is 2.79. The lowest BCUT2D eigenvalue weighted by molar-refractivity contribution is 0.579. The van der Waals surface area contributed by atoms with E-state index in [1.807, 2.05) is 0 Å². The molecule has 0 saturated carbocycles. The van der Waals surface area contributed by atoms with Gasteiger partial charge in [-0.2, -0.15) is 0 Å². The summed E-state index contributed by atoms with van der Waals surface area (Å²) >= 11 is 0. The van der Waals surface area contributed by atoms with Gasteiger partial charge in [0.2, 0.25) is 0 Å². The second-order valence-electron chi connectivity index (χ2n) is 4.01. The van der Waals surface area contributed by atoms with Gasteiger partial charge in [-0.15, -0.1) is 0 Å². The van der Waals surface area contributed by atoms with Crippen molar-refractivity contribution in [2.24, 2.45) is 0 Å². The van der Waals surface area contributed by atoms with Crippen LogP contribution >= 0.6 is 0 Å². The number of rotatable bonds is 1. The maximum Gasteiger partial charge on any atom is 0.134 e. The number of pyridine rings is 1. The first kappa shape index (κ1) is 11.5. The molecule has 1 aromatic carbocycles. The van der Waals surface area contributed by atoms with E-state index in [9.17, 15) is 8.78 Å². The zero-order valence-corrected chi connectivity index (χ0v) is 9.59. The van der Waals surface area contributed by atoms with Crippen LogP contribution in [0, 0.1) is 25.5 Å². The average molecular weight is 234 g/mol. The van der Waals surface area contributed by atoms with Crippen molar-refractivity contribution in [3.05, 3.63) is 47.2 Å². The van der Waals surface area contributed by atoms with Gasteiger partial charge in [-0.3, -0.25) is 0 Å². The molecule has 88 valence electrons. The number of nitrogen functional groups attached to an aromatic ring is 1. The Hall–Kier alpha value is -1.97. The van der Waals surface area contributed by atoms with E-state index in [1.54, 1.807) is 19.9 Å².